The molecular weight excluding hydrogens is 222 g/mol. The lowest BCUT2D eigenvalue weighted by atomic mass is 10.2. The van der Waals surface area contributed by atoms with Gasteiger partial charge in [0.1, 0.15) is 12.4 Å². The average Bonchev–Trinajstić information content (AvgIpc) is 2.80. The zero-order valence-electron chi connectivity index (χ0n) is 10.3. The van der Waals surface area contributed by atoms with Gasteiger partial charge in [-0.1, -0.05) is 30.3 Å². The van der Waals surface area contributed by atoms with Crippen LogP contribution >= 0.6 is 0 Å². The zero-order valence-corrected chi connectivity index (χ0v) is 10.3. The van der Waals surface area contributed by atoms with Crippen molar-refractivity contribution in [1.29, 1.82) is 0 Å². The number of aromatic amines is 1. The molecule has 1 aromatic heterocycles. The highest BCUT2D eigenvalue weighted by Crippen LogP contribution is 2.20. The molecule has 0 saturated carbocycles. The smallest absolute Gasteiger partial charge is 0.120 e. The Balaban J connectivity index is 1.81. The third-order valence-electron chi connectivity index (χ3n) is 3.06. The molecule has 0 aliphatic heterocycles. The van der Waals surface area contributed by atoms with Crippen LogP contribution in [0.1, 0.15) is 11.1 Å². The molecular formula is C16H15NO. The quantitative estimate of drug-likeness (QED) is 0.730. The van der Waals surface area contributed by atoms with E-state index in [4.69, 9.17) is 4.74 Å². The fourth-order valence-electron chi connectivity index (χ4n) is 2.12. The van der Waals surface area contributed by atoms with E-state index in [0.29, 0.717) is 6.61 Å². The largest absolute Gasteiger partial charge is 0.489 e. The van der Waals surface area contributed by atoms with Gasteiger partial charge in [0.15, 0.2) is 0 Å². The fourth-order valence-corrected chi connectivity index (χ4v) is 2.12. The summed E-state index contributed by atoms with van der Waals surface area (Å²) in [6, 6.07) is 16.4. The van der Waals surface area contributed by atoms with Gasteiger partial charge in [-0.15, -0.1) is 0 Å². The molecule has 0 aliphatic rings. The van der Waals surface area contributed by atoms with Crippen LogP contribution in [0.15, 0.2) is 54.7 Å². The Hall–Kier alpha value is -2.22. The minimum atomic E-state index is 0.591. The van der Waals surface area contributed by atoms with Gasteiger partial charge < -0.3 is 9.72 Å². The van der Waals surface area contributed by atoms with Gasteiger partial charge in [0.25, 0.3) is 0 Å². The van der Waals surface area contributed by atoms with Crippen molar-refractivity contribution in [3.63, 3.8) is 0 Å². The first-order chi connectivity index (χ1) is 8.83. The summed E-state index contributed by atoms with van der Waals surface area (Å²) in [5.41, 5.74) is 3.55. The van der Waals surface area contributed by atoms with Crippen LogP contribution < -0.4 is 4.74 Å². The van der Waals surface area contributed by atoms with E-state index in [-0.39, 0.29) is 0 Å². The second-order valence-electron chi connectivity index (χ2n) is 4.46. The normalized spacial score (nSPS) is 10.7. The van der Waals surface area contributed by atoms with Crippen LogP contribution in [-0.2, 0) is 6.61 Å². The van der Waals surface area contributed by atoms with Crippen LogP contribution in [0.5, 0.6) is 5.75 Å². The van der Waals surface area contributed by atoms with Crippen molar-refractivity contribution in [3.8, 4) is 5.75 Å². The molecule has 3 aromatic rings. The highest BCUT2D eigenvalue weighted by molar-refractivity contribution is 5.82. The molecule has 2 aromatic carbocycles. The van der Waals surface area contributed by atoms with E-state index in [2.05, 4.69) is 36.2 Å². The zero-order chi connectivity index (χ0) is 12.4. The lowest BCUT2D eigenvalue weighted by Crippen LogP contribution is -1.94. The second kappa shape index (κ2) is 4.57. The summed E-state index contributed by atoms with van der Waals surface area (Å²) in [7, 11) is 0. The molecule has 2 nitrogen and oxygen atoms in total. The highest BCUT2D eigenvalue weighted by atomic mass is 16.5. The van der Waals surface area contributed by atoms with E-state index in [1.165, 1.54) is 16.5 Å². The number of para-hydroxylation sites is 1. The van der Waals surface area contributed by atoms with Gasteiger partial charge in [-0.3, -0.25) is 0 Å². The van der Waals surface area contributed by atoms with Crippen LogP contribution in [0.25, 0.3) is 10.9 Å². The van der Waals surface area contributed by atoms with Gasteiger partial charge in [0.2, 0.25) is 0 Å². The van der Waals surface area contributed by atoms with Gasteiger partial charge in [0, 0.05) is 22.7 Å². The molecule has 1 N–H and O–H groups in total. The Morgan fingerprint density at radius 3 is 2.83 bits per heavy atom. The van der Waals surface area contributed by atoms with Gasteiger partial charge in [-0.25, -0.2) is 0 Å². The molecule has 0 saturated heterocycles. The molecule has 0 fully saturated rings. The SMILES string of the molecule is Cc1cccc(OCc2c[nH]c3ccccc23)c1. The molecule has 2 heteroatoms. The van der Waals surface area contributed by atoms with Crippen LogP contribution in [-0.4, -0.2) is 4.98 Å². The molecule has 0 bridgehead atoms. The average molecular weight is 237 g/mol. The molecule has 0 atom stereocenters. The minimum Gasteiger partial charge on any atom is -0.489 e. The van der Waals surface area contributed by atoms with E-state index >= 15 is 0 Å². The van der Waals surface area contributed by atoms with Gasteiger partial charge in [-0.05, 0) is 30.7 Å². The van der Waals surface area contributed by atoms with Crippen LogP contribution in [0.3, 0.4) is 0 Å². The number of nitrogens with one attached hydrogen (secondary N) is 1. The summed E-state index contributed by atoms with van der Waals surface area (Å²) < 4.78 is 5.82. The lowest BCUT2D eigenvalue weighted by molar-refractivity contribution is 0.307. The van der Waals surface area contributed by atoms with Crippen molar-refractivity contribution >= 4 is 10.9 Å². The van der Waals surface area contributed by atoms with Crippen molar-refractivity contribution in [2.75, 3.05) is 0 Å². The van der Waals surface area contributed by atoms with E-state index in [1.807, 2.05) is 30.5 Å². The molecule has 18 heavy (non-hydrogen) atoms. The van der Waals surface area contributed by atoms with Crippen molar-refractivity contribution in [3.05, 3.63) is 65.9 Å². The first kappa shape index (κ1) is 10.9. The summed E-state index contributed by atoms with van der Waals surface area (Å²) in [4.78, 5) is 3.26. The van der Waals surface area contributed by atoms with Crippen LogP contribution in [0.2, 0.25) is 0 Å². The number of H-pyrrole nitrogens is 1. The fraction of sp³-hybridized carbons (Fsp3) is 0.125. The number of aromatic nitrogens is 1. The Bertz CT molecular complexity index is 669. The first-order valence-electron chi connectivity index (χ1n) is 6.07. The van der Waals surface area contributed by atoms with Crippen LogP contribution in [0, 0.1) is 6.92 Å². The summed E-state index contributed by atoms with van der Waals surface area (Å²) in [5.74, 6) is 0.917. The third kappa shape index (κ3) is 2.09. The third-order valence-corrected chi connectivity index (χ3v) is 3.06. The summed E-state index contributed by atoms with van der Waals surface area (Å²) in [6.07, 6.45) is 2.01. The predicted octanol–water partition coefficient (Wildman–Crippen LogP) is 4.06. The first-order valence-corrected chi connectivity index (χ1v) is 6.07. The molecule has 90 valence electrons. The molecule has 0 amide bonds. The van der Waals surface area contributed by atoms with E-state index in [9.17, 15) is 0 Å². The number of fused-ring (bicyclic) bond motifs is 1. The number of rotatable bonds is 3. The standard InChI is InChI=1S/C16H15NO/c1-12-5-4-6-14(9-12)18-11-13-10-17-16-8-3-2-7-15(13)16/h2-10,17H,11H2,1H3. The van der Waals surface area contributed by atoms with Crippen molar-refractivity contribution in [2.45, 2.75) is 13.5 Å². The number of benzene rings is 2. The second-order valence-corrected chi connectivity index (χ2v) is 4.46. The monoisotopic (exact) mass is 237 g/mol. The van der Waals surface area contributed by atoms with E-state index < -0.39 is 0 Å². The Labute approximate surface area is 106 Å². The molecule has 3 rings (SSSR count). The van der Waals surface area contributed by atoms with Crippen molar-refractivity contribution < 1.29 is 4.74 Å². The van der Waals surface area contributed by atoms with E-state index in [1.54, 1.807) is 0 Å². The maximum absolute atomic E-state index is 5.82. The lowest BCUT2D eigenvalue weighted by Gasteiger charge is -2.05. The number of ether oxygens (including phenoxy) is 1. The number of hydrogen-bond donors (Lipinski definition) is 1. The Morgan fingerprint density at radius 2 is 1.94 bits per heavy atom. The summed E-state index contributed by atoms with van der Waals surface area (Å²) >= 11 is 0. The summed E-state index contributed by atoms with van der Waals surface area (Å²) in [6.45, 7) is 2.66. The minimum absolute atomic E-state index is 0.591. The maximum atomic E-state index is 5.82. The summed E-state index contributed by atoms with van der Waals surface area (Å²) in [5, 5.41) is 1.23. The number of aryl methyl sites for hydroxylation is 1. The van der Waals surface area contributed by atoms with Crippen molar-refractivity contribution in [1.82, 2.24) is 4.98 Å². The molecule has 0 unspecified atom stereocenters. The van der Waals surface area contributed by atoms with Crippen LogP contribution in [0.4, 0.5) is 0 Å². The molecule has 0 radical (unpaired) electrons. The highest BCUT2D eigenvalue weighted by Gasteiger charge is 2.03. The number of hydrogen-bond acceptors (Lipinski definition) is 1. The van der Waals surface area contributed by atoms with E-state index in [0.717, 1.165) is 11.3 Å². The van der Waals surface area contributed by atoms with Gasteiger partial charge in [0.05, 0.1) is 0 Å². The maximum Gasteiger partial charge on any atom is 0.120 e. The molecule has 0 spiro atoms. The molecule has 1 heterocycles. The topological polar surface area (TPSA) is 25.0 Å². The molecule has 0 aliphatic carbocycles. The predicted molar refractivity (Wildman–Crippen MR) is 73.8 cm³/mol. The Kier molecular flexibility index (Phi) is 2.77. The van der Waals surface area contributed by atoms with Crippen molar-refractivity contribution in [2.24, 2.45) is 0 Å². The van der Waals surface area contributed by atoms with Gasteiger partial charge in [-0.2, -0.15) is 0 Å². The Morgan fingerprint density at radius 1 is 1.06 bits per heavy atom. The van der Waals surface area contributed by atoms with Gasteiger partial charge >= 0.3 is 0 Å².